The maximum Gasteiger partial charge on any atom is 0.165 e. The van der Waals surface area contributed by atoms with Gasteiger partial charge in [0, 0.05) is 6.54 Å². The lowest BCUT2D eigenvalue weighted by atomic mass is 10.1. The Kier molecular flexibility index (Phi) is 2.97. The Morgan fingerprint density at radius 1 is 1.50 bits per heavy atom. The van der Waals surface area contributed by atoms with E-state index in [1.165, 1.54) is 0 Å². The molecule has 0 fully saturated rings. The molecule has 0 radical (unpaired) electrons. The van der Waals surface area contributed by atoms with Gasteiger partial charge in [-0.1, -0.05) is 13.8 Å². The van der Waals surface area contributed by atoms with Crippen LogP contribution in [-0.4, -0.2) is 9.78 Å². The normalized spacial score (nSPS) is 10.4. The third-order valence-electron chi connectivity index (χ3n) is 2.05. The Morgan fingerprint density at radius 3 is 2.57 bits per heavy atom. The average molecular weight is 193 g/mol. The molecule has 1 aromatic rings. The summed E-state index contributed by atoms with van der Waals surface area (Å²) in [4.78, 5) is 0. The average Bonchev–Trinajstić information content (AvgIpc) is 2.38. The van der Waals surface area contributed by atoms with E-state index in [2.05, 4.69) is 18.9 Å². The van der Waals surface area contributed by atoms with Crippen LogP contribution >= 0.6 is 0 Å². The van der Waals surface area contributed by atoms with Crippen molar-refractivity contribution in [1.29, 1.82) is 5.26 Å². The van der Waals surface area contributed by atoms with Gasteiger partial charge in [0.2, 0.25) is 0 Å². The molecule has 0 amide bonds. The summed E-state index contributed by atoms with van der Waals surface area (Å²) in [5.74, 6) is 1.16. The Balaban J connectivity index is 2.85. The van der Waals surface area contributed by atoms with Crippen molar-refractivity contribution in [3.63, 3.8) is 0 Å². The number of aromatic nitrogens is 2. The molecule has 1 rings (SSSR count). The minimum absolute atomic E-state index is 0.216. The maximum atomic E-state index is 8.73. The second-order valence-electron chi connectivity index (χ2n) is 3.66. The van der Waals surface area contributed by atoms with Crippen LogP contribution in [0.15, 0.2) is 0 Å². The first-order chi connectivity index (χ1) is 6.56. The van der Waals surface area contributed by atoms with Crippen LogP contribution in [0.1, 0.15) is 25.8 Å². The van der Waals surface area contributed by atoms with E-state index >= 15 is 0 Å². The topological polar surface area (TPSA) is 93.6 Å². The fourth-order valence-electron chi connectivity index (χ4n) is 1.16. The highest BCUT2D eigenvalue weighted by Crippen LogP contribution is 2.18. The van der Waals surface area contributed by atoms with E-state index in [1.54, 1.807) is 4.68 Å². The zero-order valence-electron chi connectivity index (χ0n) is 8.49. The number of hydrogen-bond donors (Lipinski definition) is 2. The number of aryl methyl sites for hydroxylation is 1. The second-order valence-corrected chi connectivity index (χ2v) is 3.66. The molecule has 14 heavy (non-hydrogen) atoms. The van der Waals surface area contributed by atoms with E-state index in [0.717, 1.165) is 6.42 Å². The summed E-state index contributed by atoms with van der Waals surface area (Å²) >= 11 is 0. The Hall–Kier alpha value is -1.70. The molecule has 5 heteroatoms. The lowest BCUT2D eigenvalue weighted by molar-refractivity contribution is 0.492. The lowest BCUT2D eigenvalue weighted by Crippen LogP contribution is -2.07. The first-order valence-electron chi connectivity index (χ1n) is 4.58. The lowest BCUT2D eigenvalue weighted by Gasteiger charge is -2.05. The van der Waals surface area contributed by atoms with Gasteiger partial charge in [-0.05, 0) is 12.3 Å². The molecule has 0 unspecified atom stereocenters. The molecule has 0 atom stereocenters. The number of hydrogen-bond acceptors (Lipinski definition) is 4. The fraction of sp³-hybridized carbons (Fsp3) is 0.556. The molecule has 0 saturated carbocycles. The van der Waals surface area contributed by atoms with Gasteiger partial charge in [-0.3, -0.25) is 0 Å². The van der Waals surface area contributed by atoms with E-state index in [9.17, 15) is 0 Å². The molecule has 5 nitrogen and oxygen atoms in total. The van der Waals surface area contributed by atoms with E-state index in [4.69, 9.17) is 16.7 Å². The van der Waals surface area contributed by atoms with Gasteiger partial charge >= 0.3 is 0 Å². The van der Waals surface area contributed by atoms with Crippen LogP contribution in [0.2, 0.25) is 0 Å². The van der Waals surface area contributed by atoms with Crippen molar-refractivity contribution in [3.8, 4) is 6.07 Å². The highest BCUT2D eigenvalue weighted by atomic mass is 15.3. The Labute approximate surface area is 83.3 Å². The first kappa shape index (κ1) is 10.4. The largest absolute Gasteiger partial charge is 0.383 e. The number of nitrogens with two attached hydrogens (primary N) is 2. The highest BCUT2D eigenvalue weighted by molar-refractivity contribution is 5.61. The molecule has 1 heterocycles. The van der Waals surface area contributed by atoms with Crippen molar-refractivity contribution in [1.82, 2.24) is 9.78 Å². The van der Waals surface area contributed by atoms with E-state index in [0.29, 0.717) is 18.3 Å². The van der Waals surface area contributed by atoms with Crippen molar-refractivity contribution in [2.24, 2.45) is 5.92 Å². The molecule has 0 aliphatic heterocycles. The van der Waals surface area contributed by atoms with Crippen molar-refractivity contribution >= 4 is 11.6 Å². The summed E-state index contributed by atoms with van der Waals surface area (Å²) in [5.41, 5.74) is 11.5. The SMILES string of the molecule is CC(C)CCn1nc(N)c(C#N)c1N. The number of nitriles is 1. The monoisotopic (exact) mass is 193 g/mol. The van der Waals surface area contributed by atoms with Gasteiger partial charge in [0.25, 0.3) is 0 Å². The van der Waals surface area contributed by atoms with Crippen LogP contribution in [0.25, 0.3) is 0 Å². The van der Waals surface area contributed by atoms with Crippen LogP contribution < -0.4 is 11.5 Å². The van der Waals surface area contributed by atoms with Gasteiger partial charge in [-0.2, -0.15) is 10.4 Å². The molecule has 4 N–H and O–H groups in total. The van der Waals surface area contributed by atoms with Crippen LogP contribution in [0, 0.1) is 17.2 Å². The van der Waals surface area contributed by atoms with Crippen molar-refractivity contribution in [3.05, 3.63) is 5.56 Å². The minimum atomic E-state index is 0.216. The third kappa shape index (κ3) is 1.96. The minimum Gasteiger partial charge on any atom is -0.383 e. The predicted octanol–water partition coefficient (Wildman–Crippen LogP) is 0.965. The zero-order chi connectivity index (χ0) is 10.7. The van der Waals surface area contributed by atoms with Crippen molar-refractivity contribution in [2.45, 2.75) is 26.8 Å². The quantitative estimate of drug-likeness (QED) is 0.747. The molecule has 0 bridgehead atoms. The predicted molar refractivity (Wildman–Crippen MR) is 55.2 cm³/mol. The van der Waals surface area contributed by atoms with Gasteiger partial charge in [-0.15, -0.1) is 0 Å². The first-order valence-corrected chi connectivity index (χ1v) is 4.58. The third-order valence-corrected chi connectivity index (χ3v) is 2.05. The van der Waals surface area contributed by atoms with Gasteiger partial charge < -0.3 is 11.5 Å². The molecule has 76 valence electrons. The smallest absolute Gasteiger partial charge is 0.165 e. The molecule has 1 aromatic heterocycles. The summed E-state index contributed by atoms with van der Waals surface area (Å²) in [7, 11) is 0. The number of nitrogens with zero attached hydrogens (tertiary/aromatic N) is 3. The van der Waals surface area contributed by atoms with Gasteiger partial charge in [0.05, 0.1) is 0 Å². The summed E-state index contributed by atoms with van der Waals surface area (Å²) in [6.45, 7) is 4.94. The zero-order valence-corrected chi connectivity index (χ0v) is 8.49. The molecule has 0 aromatic carbocycles. The number of nitrogen functional groups attached to an aromatic ring is 2. The van der Waals surface area contributed by atoms with Crippen molar-refractivity contribution in [2.75, 3.05) is 11.5 Å². The Morgan fingerprint density at radius 2 is 2.14 bits per heavy atom. The number of anilines is 2. The molecule has 0 aliphatic rings. The fourth-order valence-corrected chi connectivity index (χ4v) is 1.16. The van der Waals surface area contributed by atoms with Gasteiger partial charge in [0.1, 0.15) is 17.5 Å². The van der Waals surface area contributed by atoms with Gasteiger partial charge in [-0.25, -0.2) is 4.68 Å². The highest BCUT2D eigenvalue weighted by Gasteiger charge is 2.12. The van der Waals surface area contributed by atoms with Gasteiger partial charge in [0.15, 0.2) is 5.82 Å². The molecular formula is C9H15N5. The van der Waals surface area contributed by atoms with E-state index in [-0.39, 0.29) is 11.4 Å². The second kappa shape index (κ2) is 4.01. The molecule has 0 spiro atoms. The van der Waals surface area contributed by atoms with Crippen LogP contribution in [0.5, 0.6) is 0 Å². The van der Waals surface area contributed by atoms with Crippen LogP contribution in [0.3, 0.4) is 0 Å². The Bertz CT molecular complexity index is 358. The summed E-state index contributed by atoms with van der Waals surface area (Å²) in [6.07, 6.45) is 0.968. The van der Waals surface area contributed by atoms with E-state index < -0.39 is 0 Å². The summed E-state index contributed by atoms with van der Waals surface area (Å²) in [5, 5.41) is 12.7. The maximum absolute atomic E-state index is 8.73. The molecule has 0 saturated heterocycles. The summed E-state index contributed by atoms with van der Waals surface area (Å²) in [6, 6.07) is 1.94. The molecule has 0 aliphatic carbocycles. The van der Waals surface area contributed by atoms with Crippen LogP contribution in [-0.2, 0) is 6.54 Å². The summed E-state index contributed by atoms with van der Waals surface area (Å²) < 4.78 is 1.59. The number of rotatable bonds is 3. The standard InChI is InChI=1S/C9H15N5/c1-6(2)3-4-14-9(12)7(5-10)8(11)13-14/h6H,3-4,12H2,1-2H3,(H2,11,13). The van der Waals surface area contributed by atoms with Crippen LogP contribution in [0.4, 0.5) is 11.6 Å². The molecular weight excluding hydrogens is 178 g/mol. The van der Waals surface area contributed by atoms with E-state index in [1.807, 2.05) is 6.07 Å². The van der Waals surface area contributed by atoms with Crippen molar-refractivity contribution < 1.29 is 0 Å².